The van der Waals surface area contributed by atoms with Crippen molar-refractivity contribution >= 4 is 5.97 Å². The van der Waals surface area contributed by atoms with Gasteiger partial charge in [-0.3, -0.25) is 4.79 Å². The van der Waals surface area contributed by atoms with Crippen molar-refractivity contribution in [2.75, 3.05) is 0 Å². The second-order valence-corrected chi connectivity index (χ2v) is 3.40. The topological polar surface area (TPSA) is 104 Å². The van der Waals surface area contributed by atoms with Crippen LogP contribution in [0.3, 0.4) is 0 Å². The van der Waals surface area contributed by atoms with Gasteiger partial charge in [-0.05, 0) is 17.7 Å². The van der Waals surface area contributed by atoms with Crippen LogP contribution >= 0.6 is 0 Å². The number of hydrogen-bond donors (Lipinski definition) is 4. The third-order valence-corrected chi connectivity index (χ3v) is 2.35. The van der Waals surface area contributed by atoms with E-state index in [4.69, 9.17) is 15.9 Å². The second kappa shape index (κ2) is 4.18. The molecule has 1 aromatic carbocycles. The van der Waals surface area contributed by atoms with Gasteiger partial charge in [-0.2, -0.15) is 0 Å². The van der Waals surface area contributed by atoms with E-state index in [0.717, 1.165) is 0 Å². The summed E-state index contributed by atoms with van der Waals surface area (Å²) in [6.07, 6.45) is 0. The van der Waals surface area contributed by atoms with Gasteiger partial charge in [0.25, 0.3) is 0 Å². The average Bonchev–Trinajstić information content (AvgIpc) is 2.19. The normalized spacial score (nSPS) is 14.5. The Bertz CT molecular complexity index is 378. The lowest BCUT2D eigenvalue weighted by atomic mass is 9.94. The van der Waals surface area contributed by atoms with E-state index in [2.05, 4.69) is 0 Å². The number of carboxylic acids is 1. The smallest absolute Gasteiger partial charge is 0.321 e. The monoisotopic (exact) mass is 211 g/mol. The summed E-state index contributed by atoms with van der Waals surface area (Å²) in [5, 5.41) is 27.0. The van der Waals surface area contributed by atoms with Gasteiger partial charge in [0, 0.05) is 5.92 Å². The molecule has 82 valence electrons. The molecule has 0 saturated carbocycles. The molecule has 2 unspecified atom stereocenters. The van der Waals surface area contributed by atoms with E-state index in [-0.39, 0.29) is 11.5 Å². The van der Waals surface area contributed by atoms with Crippen molar-refractivity contribution in [3.8, 4) is 11.5 Å². The van der Waals surface area contributed by atoms with Crippen molar-refractivity contribution in [1.82, 2.24) is 0 Å². The zero-order chi connectivity index (χ0) is 11.6. The minimum absolute atomic E-state index is 0.241. The maximum absolute atomic E-state index is 10.6. The van der Waals surface area contributed by atoms with Crippen LogP contribution in [-0.2, 0) is 4.79 Å². The average molecular weight is 211 g/mol. The first-order valence-corrected chi connectivity index (χ1v) is 4.43. The first-order valence-electron chi connectivity index (χ1n) is 4.43. The Labute approximate surface area is 86.8 Å². The van der Waals surface area contributed by atoms with E-state index in [1.54, 1.807) is 6.92 Å². The van der Waals surface area contributed by atoms with Crippen molar-refractivity contribution < 1.29 is 20.1 Å². The first kappa shape index (κ1) is 11.3. The standard InChI is InChI=1S/C10H13NO4/c1-5(9(11)10(14)15)6-2-3-7(12)8(13)4-6/h2-5,9,12-13H,11H2,1H3,(H,14,15). The highest BCUT2D eigenvalue weighted by atomic mass is 16.4. The van der Waals surface area contributed by atoms with Crippen LogP contribution in [-0.4, -0.2) is 27.3 Å². The van der Waals surface area contributed by atoms with Gasteiger partial charge in [0.2, 0.25) is 0 Å². The predicted molar refractivity (Wildman–Crippen MR) is 53.8 cm³/mol. The molecule has 0 aliphatic heterocycles. The summed E-state index contributed by atoms with van der Waals surface area (Å²) >= 11 is 0. The number of carboxylic acid groups (broad SMARTS) is 1. The second-order valence-electron chi connectivity index (χ2n) is 3.40. The largest absolute Gasteiger partial charge is 0.504 e. The maximum atomic E-state index is 10.6. The van der Waals surface area contributed by atoms with E-state index in [1.807, 2.05) is 0 Å². The van der Waals surface area contributed by atoms with Gasteiger partial charge in [0.05, 0.1) is 0 Å². The molecular formula is C10H13NO4. The molecule has 15 heavy (non-hydrogen) atoms. The highest BCUT2D eigenvalue weighted by molar-refractivity contribution is 5.74. The summed E-state index contributed by atoms with van der Waals surface area (Å²) in [7, 11) is 0. The van der Waals surface area contributed by atoms with Crippen molar-refractivity contribution in [2.24, 2.45) is 5.73 Å². The van der Waals surface area contributed by atoms with Gasteiger partial charge in [-0.1, -0.05) is 13.0 Å². The molecule has 5 nitrogen and oxygen atoms in total. The molecule has 5 heteroatoms. The fourth-order valence-corrected chi connectivity index (χ4v) is 1.24. The lowest BCUT2D eigenvalue weighted by Gasteiger charge is -2.16. The van der Waals surface area contributed by atoms with E-state index in [1.165, 1.54) is 18.2 Å². The summed E-state index contributed by atoms with van der Waals surface area (Å²) in [6.45, 7) is 1.64. The van der Waals surface area contributed by atoms with Crippen LogP contribution in [0.25, 0.3) is 0 Å². The summed E-state index contributed by atoms with van der Waals surface area (Å²) in [5.41, 5.74) is 6.01. The van der Waals surface area contributed by atoms with Crippen LogP contribution in [0.1, 0.15) is 18.4 Å². The molecule has 0 aliphatic rings. The number of benzene rings is 1. The molecule has 0 amide bonds. The summed E-state index contributed by atoms with van der Waals surface area (Å²) in [6, 6.07) is 3.11. The molecule has 1 aromatic rings. The van der Waals surface area contributed by atoms with Crippen molar-refractivity contribution in [1.29, 1.82) is 0 Å². The van der Waals surface area contributed by atoms with Crippen LogP contribution in [0.4, 0.5) is 0 Å². The van der Waals surface area contributed by atoms with Gasteiger partial charge in [0.15, 0.2) is 11.5 Å². The number of aromatic hydroxyl groups is 2. The molecule has 0 saturated heterocycles. The van der Waals surface area contributed by atoms with Crippen molar-refractivity contribution in [3.05, 3.63) is 23.8 Å². The minimum Gasteiger partial charge on any atom is -0.504 e. The lowest BCUT2D eigenvalue weighted by molar-refractivity contribution is -0.139. The molecule has 0 aliphatic carbocycles. The third-order valence-electron chi connectivity index (χ3n) is 2.35. The lowest BCUT2D eigenvalue weighted by Crippen LogP contribution is -2.35. The van der Waals surface area contributed by atoms with Gasteiger partial charge >= 0.3 is 5.97 Å². The van der Waals surface area contributed by atoms with Crippen molar-refractivity contribution in [2.45, 2.75) is 18.9 Å². The summed E-state index contributed by atoms with van der Waals surface area (Å²) < 4.78 is 0. The number of nitrogens with two attached hydrogens (primary N) is 1. The molecule has 0 spiro atoms. The molecule has 0 aromatic heterocycles. The maximum Gasteiger partial charge on any atom is 0.321 e. The minimum atomic E-state index is -1.10. The SMILES string of the molecule is CC(c1ccc(O)c(O)c1)C(N)C(=O)O. The van der Waals surface area contributed by atoms with Gasteiger partial charge in [-0.15, -0.1) is 0 Å². The Morgan fingerprint density at radius 2 is 1.93 bits per heavy atom. The molecule has 2 atom stereocenters. The van der Waals surface area contributed by atoms with E-state index in [0.29, 0.717) is 5.56 Å². The number of phenols is 2. The third kappa shape index (κ3) is 2.38. The fraction of sp³-hybridized carbons (Fsp3) is 0.300. The molecule has 0 fully saturated rings. The number of carbonyl (C=O) groups is 1. The molecule has 0 radical (unpaired) electrons. The first-order chi connectivity index (χ1) is 6.93. The van der Waals surface area contributed by atoms with E-state index in [9.17, 15) is 9.90 Å². The quantitative estimate of drug-likeness (QED) is 0.548. The highest BCUT2D eigenvalue weighted by Crippen LogP contribution is 2.29. The van der Waals surface area contributed by atoms with Gasteiger partial charge in [-0.25, -0.2) is 0 Å². The number of phenolic OH excluding ortho intramolecular Hbond substituents is 2. The molecule has 5 N–H and O–H groups in total. The van der Waals surface area contributed by atoms with Crippen molar-refractivity contribution in [3.63, 3.8) is 0 Å². The van der Waals surface area contributed by atoms with Crippen LogP contribution in [0.15, 0.2) is 18.2 Å². The van der Waals surface area contributed by atoms with Crippen LogP contribution in [0, 0.1) is 0 Å². The van der Waals surface area contributed by atoms with Crippen LogP contribution in [0.5, 0.6) is 11.5 Å². The van der Waals surface area contributed by atoms with Crippen LogP contribution < -0.4 is 5.73 Å². The zero-order valence-corrected chi connectivity index (χ0v) is 8.21. The molecule has 1 rings (SSSR count). The van der Waals surface area contributed by atoms with Crippen LogP contribution in [0.2, 0.25) is 0 Å². The Balaban J connectivity index is 2.96. The summed E-state index contributed by atoms with van der Waals surface area (Å²) in [5.74, 6) is -2.06. The molecular weight excluding hydrogens is 198 g/mol. The number of rotatable bonds is 3. The predicted octanol–water partition coefficient (Wildman–Crippen LogP) is 0.613. The molecule has 0 bridgehead atoms. The zero-order valence-electron chi connectivity index (χ0n) is 8.21. The van der Waals surface area contributed by atoms with E-state index >= 15 is 0 Å². The van der Waals surface area contributed by atoms with Gasteiger partial charge < -0.3 is 21.1 Å². The Morgan fingerprint density at radius 3 is 2.40 bits per heavy atom. The fourth-order valence-electron chi connectivity index (χ4n) is 1.24. The Kier molecular flexibility index (Phi) is 3.16. The highest BCUT2D eigenvalue weighted by Gasteiger charge is 2.22. The number of hydrogen-bond acceptors (Lipinski definition) is 4. The Morgan fingerprint density at radius 1 is 1.33 bits per heavy atom. The molecule has 0 heterocycles. The van der Waals surface area contributed by atoms with Gasteiger partial charge in [0.1, 0.15) is 6.04 Å². The number of aliphatic carboxylic acids is 1. The summed E-state index contributed by atoms with van der Waals surface area (Å²) in [4.78, 5) is 10.6. The van der Waals surface area contributed by atoms with E-state index < -0.39 is 17.9 Å². The Hall–Kier alpha value is -1.75.